The molecule has 3 aromatic rings. The lowest BCUT2D eigenvalue weighted by Gasteiger charge is -2.19. The van der Waals surface area contributed by atoms with E-state index in [-0.39, 0.29) is 4.90 Å². The molecule has 0 saturated heterocycles. The molecule has 3 rings (SSSR count). The van der Waals surface area contributed by atoms with E-state index in [2.05, 4.69) is 9.71 Å². The van der Waals surface area contributed by atoms with Crippen LogP contribution < -0.4 is 9.46 Å². The average Bonchev–Trinajstić information content (AvgIpc) is 3.06. The summed E-state index contributed by atoms with van der Waals surface area (Å²) in [5, 5.41) is 0. The Labute approximate surface area is 151 Å². The van der Waals surface area contributed by atoms with Gasteiger partial charge in [-0.3, -0.25) is 0 Å². The first kappa shape index (κ1) is 18.1. The van der Waals surface area contributed by atoms with Crippen molar-refractivity contribution >= 4 is 10.0 Å². The Morgan fingerprint density at radius 1 is 1.12 bits per heavy atom. The number of benzene rings is 2. The number of aryl methyl sites for hydroxylation is 1. The molecule has 26 heavy (non-hydrogen) atoms. The van der Waals surface area contributed by atoms with Crippen LogP contribution in [0, 0.1) is 5.82 Å². The normalized spacial score (nSPS) is 12.7. The third-order valence-corrected chi connectivity index (χ3v) is 5.40. The summed E-state index contributed by atoms with van der Waals surface area (Å²) in [6, 6.07) is 10.9. The standard InChI is InChI=1S/C18H18FN3O3S/c1-22-12-11-20-18(22)17(13-3-5-14(19)6-4-13)21-26(23,24)16-9-7-15(25-2)8-10-16/h3-12,17,21H,1-2H3/t17-/m0/s1. The van der Waals surface area contributed by atoms with Gasteiger partial charge in [-0.15, -0.1) is 0 Å². The lowest BCUT2D eigenvalue weighted by atomic mass is 10.1. The highest BCUT2D eigenvalue weighted by atomic mass is 32.2. The van der Waals surface area contributed by atoms with Crippen molar-refractivity contribution in [3.05, 3.63) is 78.1 Å². The second-order valence-electron chi connectivity index (χ2n) is 5.68. The van der Waals surface area contributed by atoms with E-state index in [0.29, 0.717) is 17.1 Å². The fourth-order valence-electron chi connectivity index (χ4n) is 2.56. The number of nitrogens with one attached hydrogen (secondary N) is 1. The van der Waals surface area contributed by atoms with Gasteiger partial charge in [-0.2, -0.15) is 4.72 Å². The van der Waals surface area contributed by atoms with Gasteiger partial charge in [0.25, 0.3) is 0 Å². The van der Waals surface area contributed by atoms with Gasteiger partial charge in [-0.1, -0.05) is 12.1 Å². The zero-order valence-electron chi connectivity index (χ0n) is 14.3. The molecule has 1 aromatic heterocycles. The third-order valence-electron chi connectivity index (χ3n) is 3.96. The molecule has 6 nitrogen and oxygen atoms in total. The van der Waals surface area contributed by atoms with Crippen molar-refractivity contribution in [3.8, 4) is 5.75 Å². The molecule has 0 radical (unpaired) electrons. The van der Waals surface area contributed by atoms with Gasteiger partial charge in [0, 0.05) is 19.4 Å². The minimum Gasteiger partial charge on any atom is -0.497 e. The maximum absolute atomic E-state index is 13.3. The van der Waals surface area contributed by atoms with Crippen LogP contribution in [0.25, 0.3) is 0 Å². The number of imidazole rings is 1. The van der Waals surface area contributed by atoms with Gasteiger partial charge < -0.3 is 9.30 Å². The maximum atomic E-state index is 13.3. The van der Waals surface area contributed by atoms with Gasteiger partial charge in [-0.25, -0.2) is 17.8 Å². The summed E-state index contributed by atoms with van der Waals surface area (Å²) in [6.07, 6.45) is 3.29. The Kier molecular flexibility index (Phi) is 5.06. The smallest absolute Gasteiger partial charge is 0.241 e. The molecule has 0 saturated carbocycles. The molecule has 1 heterocycles. The summed E-state index contributed by atoms with van der Waals surface area (Å²) < 4.78 is 48.3. The number of ether oxygens (including phenoxy) is 1. The molecule has 0 unspecified atom stereocenters. The SMILES string of the molecule is COc1ccc(S(=O)(=O)N[C@@H](c2ccc(F)cc2)c2nccn2C)cc1. The van der Waals surface area contributed by atoms with Crippen LogP contribution in [0.4, 0.5) is 4.39 Å². The van der Waals surface area contributed by atoms with Crippen LogP contribution in [-0.2, 0) is 17.1 Å². The fraction of sp³-hybridized carbons (Fsp3) is 0.167. The quantitative estimate of drug-likeness (QED) is 0.719. The van der Waals surface area contributed by atoms with E-state index in [9.17, 15) is 12.8 Å². The molecule has 8 heteroatoms. The van der Waals surface area contributed by atoms with E-state index in [4.69, 9.17) is 4.74 Å². The van der Waals surface area contributed by atoms with Crippen molar-refractivity contribution in [2.75, 3.05) is 7.11 Å². The molecule has 0 bridgehead atoms. The topological polar surface area (TPSA) is 73.2 Å². The number of nitrogens with zero attached hydrogens (tertiary/aromatic N) is 2. The Bertz CT molecular complexity index is 983. The predicted molar refractivity (Wildman–Crippen MR) is 94.8 cm³/mol. The van der Waals surface area contributed by atoms with Crippen LogP contribution in [0.3, 0.4) is 0 Å². The first-order valence-electron chi connectivity index (χ1n) is 7.80. The van der Waals surface area contributed by atoms with E-state index in [1.165, 1.54) is 43.5 Å². The van der Waals surface area contributed by atoms with Crippen molar-refractivity contribution in [2.24, 2.45) is 7.05 Å². The van der Waals surface area contributed by atoms with Gasteiger partial charge >= 0.3 is 0 Å². The number of halogens is 1. The predicted octanol–water partition coefficient (Wildman–Crippen LogP) is 2.64. The highest BCUT2D eigenvalue weighted by molar-refractivity contribution is 7.89. The highest BCUT2D eigenvalue weighted by Crippen LogP contribution is 2.24. The zero-order chi connectivity index (χ0) is 18.7. The van der Waals surface area contributed by atoms with Crippen LogP contribution >= 0.6 is 0 Å². The minimum absolute atomic E-state index is 0.0969. The Morgan fingerprint density at radius 3 is 2.31 bits per heavy atom. The molecule has 1 N–H and O–H groups in total. The van der Waals surface area contributed by atoms with Crippen molar-refractivity contribution < 1.29 is 17.5 Å². The largest absolute Gasteiger partial charge is 0.497 e. The van der Waals surface area contributed by atoms with E-state index < -0.39 is 21.9 Å². The molecule has 0 aliphatic rings. The highest BCUT2D eigenvalue weighted by Gasteiger charge is 2.25. The van der Waals surface area contributed by atoms with Gasteiger partial charge in [-0.05, 0) is 42.0 Å². The first-order chi connectivity index (χ1) is 12.4. The lowest BCUT2D eigenvalue weighted by Crippen LogP contribution is -2.31. The molecule has 0 fully saturated rings. The molecule has 136 valence electrons. The second kappa shape index (κ2) is 7.27. The van der Waals surface area contributed by atoms with Crippen LogP contribution in [0.1, 0.15) is 17.4 Å². The third kappa shape index (κ3) is 3.76. The van der Waals surface area contributed by atoms with E-state index >= 15 is 0 Å². The number of methoxy groups -OCH3 is 1. The summed E-state index contributed by atoms with van der Waals surface area (Å²) in [7, 11) is -0.566. The van der Waals surface area contributed by atoms with E-state index in [1.807, 2.05) is 0 Å². The first-order valence-corrected chi connectivity index (χ1v) is 9.28. The van der Waals surface area contributed by atoms with Crippen molar-refractivity contribution in [2.45, 2.75) is 10.9 Å². The van der Waals surface area contributed by atoms with E-state index in [0.717, 1.165) is 0 Å². The Hall–Kier alpha value is -2.71. The number of hydrogen-bond acceptors (Lipinski definition) is 4. The molecule has 0 amide bonds. The molecule has 0 aliphatic heterocycles. The van der Waals surface area contributed by atoms with Gasteiger partial charge in [0.1, 0.15) is 23.4 Å². The van der Waals surface area contributed by atoms with Crippen LogP contribution in [0.2, 0.25) is 0 Å². The number of hydrogen-bond donors (Lipinski definition) is 1. The Morgan fingerprint density at radius 2 is 1.77 bits per heavy atom. The summed E-state index contributed by atoms with van der Waals surface area (Å²) in [5.41, 5.74) is 0.581. The maximum Gasteiger partial charge on any atom is 0.241 e. The monoisotopic (exact) mass is 375 g/mol. The van der Waals surface area contributed by atoms with Crippen molar-refractivity contribution in [1.82, 2.24) is 14.3 Å². The fourth-order valence-corrected chi connectivity index (χ4v) is 3.74. The number of rotatable bonds is 6. The van der Waals surface area contributed by atoms with Crippen LogP contribution in [0.15, 0.2) is 65.8 Å². The molecular formula is C18H18FN3O3S. The number of aromatic nitrogens is 2. The van der Waals surface area contributed by atoms with Crippen molar-refractivity contribution in [1.29, 1.82) is 0 Å². The Balaban J connectivity index is 1.99. The second-order valence-corrected chi connectivity index (χ2v) is 7.39. The molecule has 1 atom stereocenters. The average molecular weight is 375 g/mol. The number of sulfonamides is 1. The molecule has 0 spiro atoms. The molecule has 0 aliphatic carbocycles. The van der Waals surface area contributed by atoms with E-state index in [1.54, 1.807) is 36.1 Å². The van der Waals surface area contributed by atoms with Gasteiger partial charge in [0.05, 0.1) is 12.0 Å². The summed E-state index contributed by atoms with van der Waals surface area (Å²) >= 11 is 0. The minimum atomic E-state index is -3.84. The molecular weight excluding hydrogens is 357 g/mol. The molecule has 2 aromatic carbocycles. The van der Waals surface area contributed by atoms with Gasteiger partial charge in [0.2, 0.25) is 10.0 Å². The zero-order valence-corrected chi connectivity index (χ0v) is 15.1. The summed E-state index contributed by atoms with van der Waals surface area (Å²) in [4.78, 5) is 4.34. The van der Waals surface area contributed by atoms with Crippen LogP contribution in [0.5, 0.6) is 5.75 Å². The summed E-state index contributed by atoms with van der Waals surface area (Å²) in [6.45, 7) is 0. The van der Waals surface area contributed by atoms with Gasteiger partial charge in [0.15, 0.2) is 0 Å². The van der Waals surface area contributed by atoms with Crippen LogP contribution in [-0.4, -0.2) is 25.1 Å². The van der Waals surface area contributed by atoms with Crippen molar-refractivity contribution in [3.63, 3.8) is 0 Å². The summed E-state index contributed by atoms with van der Waals surface area (Å²) in [5.74, 6) is 0.655. The lowest BCUT2D eigenvalue weighted by molar-refractivity contribution is 0.414.